The van der Waals surface area contributed by atoms with E-state index < -0.39 is 0 Å². The molecule has 4 aliphatic rings. The molecule has 31 heavy (non-hydrogen) atoms. The molecule has 2 fully saturated rings. The second kappa shape index (κ2) is 7.67. The Kier molecular flexibility index (Phi) is 4.79. The Balaban J connectivity index is 1.34. The maximum Gasteiger partial charge on any atom is 0.173 e. The zero-order valence-corrected chi connectivity index (χ0v) is 18.2. The second-order valence-electron chi connectivity index (χ2n) is 10.0. The number of hydrogen-bond acceptors (Lipinski definition) is 4. The molecule has 3 aliphatic carbocycles. The fraction of sp³-hybridized carbons (Fsp3) is 0.519. The first-order valence-corrected chi connectivity index (χ1v) is 11.9. The van der Waals surface area contributed by atoms with Gasteiger partial charge < -0.3 is 14.8 Å². The molecule has 1 aliphatic heterocycles. The largest absolute Gasteiger partial charge is 0.485 e. The first kappa shape index (κ1) is 19.4. The molecule has 4 heteroatoms. The quantitative estimate of drug-likeness (QED) is 0.743. The van der Waals surface area contributed by atoms with Crippen LogP contribution in [0.1, 0.15) is 55.2 Å². The fourth-order valence-corrected chi connectivity index (χ4v) is 6.10. The molecule has 0 radical (unpaired) electrons. The van der Waals surface area contributed by atoms with Crippen LogP contribution in [0.3, 0.4) is 0 Å². The molecule has 2 aromatic rings. The molecule has 0 bridgehead atoms. The molecule has 0 aromatic heterocycles. The van der Waals surface area contributed by atoms with Crippen LogP contribution in [0.25, 0.3) is 0 Å². The van der Waals surface area contributed by atoms with E-state index in [2.05, 4.69) is 36.5 Å². The summed E-state index contributed by atoms with van der Waals surface area (Å²) < 4.78 is 12.6. The van der Waals surface area contributed by atoms with Crippen LogP contribution >= 0.6 is 0 Å². The first-order valence-electron chi connectivity index (χ1n) is 11.9. The summed E-state index contributed by atoms with van der Waals surface area (Å²) in [5, 5.41) is 3.93. The fourth-order valence-electron chi connectivity index (χ4n) is 6.10. The lowest BCUT2D eigenvalue weighted by molar-refractivity contribution is -0.129. The Morgan fingerprint density at radius 1 is 1.10 bits per heavy atom. The normalized spacial score (nSPS) is 31.0. The average Bonchev–Trinajstić information content (AvgIpc) is 3.53. The number of Topliss-reactive ketones (excluding diaryl/α,β-unsaturated/α-hetero) is 1. The number of nitrogens with one attached hydrogen (secondary N) is 1. The van der Waals surface area contributed by atoms with Gasteiger partial charge in [-0.2, -0.15) is 0 Å². The maximum atomic E-state index is 12.9. The number of hydrogen-bond donors (Lipinski definition) is 1. The van der Waals surface area contributed by atoms with Gasteiger partial charge in [0.15, 0.2) is 23.4 Å². The van der Waals surface area contributed by atoms with Gasteiger partial charge in [0.25, 0.3) is 0 Å². The van der Waals surface area contributed by atoms with Crippen molar-refractivity contribution in [2.75, 3.05) is 6.54 Å². The number of carbonyl (C=O) groups is 1. The van der Waals surface area contributed by atoms with E-state index in [9.17, 15) is 4.79 Å². The molecule has 0 amide bonds. The van der Waals surface area contributed by atoms with Crippen LogP contribution in [0.5, 0.6) is 11.5 Å². The third kappa shape index (κ3) is 3.45. The smallest absolute Gasteiger partial charge is 0.173 e. The van der Waals surface area contributed by atoms with E-state index in [1.165, 1.54) is 24.0 Å². The summed E-state index contributed by atoms with van der Waals surface area (Å²) in [6.45, 7) is 4.00. The summed E-state index contributed by atoms with van der Waals surface area (Å²) in [6, 6.07) is 14.9. The van der Waals surface area contributed by atoms with Crippen molar-refractivity contribution in [2.45, 2.75) is 63.7 Å². The minimum Gasteiger partial charge on any atom is -0.485 e. The van der Waals surface area contributed by atoms with Gasteiger partial charge in [0.05, 0.1) is 0 Å². The molecule has 0 spiro atoms. The van der Waals surface area contributed by atoms with Crippen molar-refractivity contribution >= 4 is 5.78 Å². The van der Waals surface area contributed by atoms with E-state index in [4.69, 9.17) is 9.47 Å². The Morgan fingerprint density at radius 3 is 2.74 bits per heavy atom. The van der Waals surface area contributed by atoms with Gasteiger partial charge in [-0.15, -0.1) is 0 Å². The van der Waals surface area contributed by atoms with Crippen molar-refractivity contribution < 1.29 is 14.3 Å². The minimum atomic E-state index is -0.343. The molecule has 2 unspecified atom stereocenters. The number of ketones is 1. The van der Waals surface area contributed by atoms with Crippen LogP contribution in [-0.4, -0.2) is 24.5 Å². The van der Waals surface area contributed by atoms with E-state index >= 15 is 0 Å². The summed E-state index contributed by atoms with van der Waals surface area (Å²) in [5.41, 5.74) is 3.74. The second-order valence-corrected chi connectivity index (χ2v) is 10.0. The summed E-state index contributed by atoms with van der Waals surface area (Å²) in [4.78, 5) is 12.9. The molecule has 6 rings (SSSR count). The van der Waals surface area contributed by atoms with Crippen molar-refractivity contribution in [1.82, 2.24) is 5.32 Å². The molecule has 1 N–H and O–H groups in total. The van der Waals surface area contributed by atoms with Crippen molar-refractivity contribution in [3.8, 4) is 11.5 Å². The van der Waals surface area contributed by atoms with Crippen molar-refractivity contribution in [3.63, 3.8) is 0 Å². The molecule has 1 heterocycles. The van der Waals surface area contributed by atoms with Crippen molar-refractivity contribution in [2.24, 2.45) is 17.8 Å². The van der Waals surface area contributed by atoms with E-state index in [1.54, 1.807) is 0 Å². The Hall–Kier alpha value is -2.33. The van der Waals surface area contributed by atoms with Gasteiger partial charge in [0.1, 0.15) is 6.61 Å². The monoisotopic (exact) mass is 417 g/mol. The highest BCUT2D eigenvalue weighted by atomic mass is 16.5. The van der Waals surface area contributed by atoms with E-state index in [0.29, 0.717) is 30.9 Å². The van der Waals surface area contributed by atoms with Crippen molar-refractivity contribution in [1.29, 1.82) is 0 Å². The average molecular weight is 418 g/mol. The molecular formula is C27H31NO3. The number of ether oxygens (including phenoxy) is 2. The predicted molar refractivity (Wildman–Crippen MR) is 119 cm³/mol. The van der Waals surface area contributed by atoms with Gasteiger partial charge in [-0.25, -0.2) is 0 Å². The molecule has 5 atom stereocenters. The third-order valence-corrected chi connectivity index (χ3v) is 7.85. The van der Waals surface area contributed by atoms with E-state index in [-0.39, 0.29) is 17.8 Å². The van der Waals surface area contributed by atoms with Crippen LogP contribution in [-0.2, 0) is 17.8 Å². The first-order chi connectivity index (χ1) is 15.2. The zero-order chi connectivity index (χ0) is 20.9. The molecule has 2 saturated carbocycles. The predicted octanol–water partition coefficient (Wildman–Crippen LogP) is 4.65. The van der Waals surface area contributed by atoms with Crippen LogP contribution < -0.4 is 14.8 Å². The summed E-state index contributed by atoms with van der Waals surface area (Å²) in [5.74, 6) is 3.87. The summed E-state index contributed by atoms with van der Waals surface area (Å²) >= 11 is 0. The van der Waals surface area contributed by atoms with Gasteiger partial charge >= 0.3 is 0 Å². The Labute approximate surface area is 184 Å². The van der Waals surface area contributed by atoms with Gasteiger partial charge in [0.2, 0.25) is 0 Å². The summed E-state index contributed by atoms with van der Waals surface area (Å²) in [6.07, 6.45) is 5.00. The van der Waals surface area contributed by atoms with Crippen LogP contribution in [0, 0.1) is 17.8 Å². The molecule has 0 saturated heterocycles. The van der Waals surface area contributed by atoms with Crippen LogP contribution in [0.2, 0.25) is 0 Å². The Bertz CT molecular complexity index is 983. The minimum absolute atomic E-state index is 0.160. The number of benzene rings is 2. The third-order valence-electron chi connectivity index (χ3n) is 7.85. The van der Waals surface area contributed by atoms with Crippen LogP contribution in [0.15, 0.2) is 42.5 Å². The molecule has 4 nitrogen and oxygen atoms in total. The lowest BCUT2D eigenvalue weighted by atomic mass is 9.70. The van der Waals surface area contributed by atoms with E-state index in [0.717, 1.165) is 42.4 Å². The van der Waals surface area contributed by atoms with Gasteiger partial charge in [-0.05, 0) is 67.2 Å². The van der Waals surface area contributed by atoms with Gasteiger partial charge in [-0.1, -0.05) is 43.3 Å². The molecule has 2 aromatic carbocycles. The van der Waals surface area contributed by atoms with Crippen LogP contribution in [0.4, 0.5) is 0 Å². The topological polar surface area (TPSA) is 47.6 Å². The van der Waals surface area contributed by atoms with E-state index in [1.807, 2.05) is 18.2 Å². The zero-order valence-electron chi connectivity index (χ0n) is 18.2. The van der Waals surface area contributed by atoms with Crippen molar-refractivity contribution in [3.05, 3.63) is 59.2 Å². The molecular weight excluding hydrogens is 386 g/mol. The lowest BCUT2D eigenvalue weighted by Gasteiger charge is -2.38. The lowest BCUT2D eigenvalue weighted by Crippen LogP contribution is -2.49. The number of carbonyl (C=O) groups excluding carboxylic acids is 1. The standard InChI is InChI=1S/C27H31NO3/c1-16-13-19-9-12-22(30-15-18-5-3-2-4-6-18)27-23(19)24-20(10-11-21(29)26(24)31-27)25(16)28-14-17-7-8-17/h2-6,9,12,16-17,20,24-26,28H,7-8,10-11,13-15H2,1H3/t16?,20-,24?,25-,26+/m0/s1. The highest BCUT2D eigenvalue weighted by Crippen LogP contribution is 2.55. The highest BCUT2D eigenvalue weighted by Gasteiger charge is 2.53. The van der Waals surface area contributed by atoms with Gasteiger partial charge in [-0.3, -0.25) is 4.79 Å². The SMILES string of the molecule is CC1Cc2ccc(OCc3ccccc3)c3c2C2[C@H](O3)C(=O)CC[C@@H]2[C@H]1NCC1CC1. The van der Waals surface area contributed by atoms with Gasteiger partial charge in [0, 0.05) is 23.9 Å². The number of rotatable bonds is 6. The summed E-state index contributed by atoms with van der Waals surface area (Å²) in [7, 11) is 0. The maximum absolute atomic E-state index is 12.9. The molecule has 162 valence electrons. The Morgan fingerprint density at radius 2 is 1.94 bits per heavy atom. The highest BCUT2D eigenvalue weighted by molar-refractivity contribution is 5.87.